The van der Waals surface area contributed by atoms with Gasteiger partial charge in [0.25, 0.3) is 0 Å². The van der Waals surface area contributed by atoms with E-state index in [0.717, 1.165) is 27.9 Å². The largest absolute Gasteiger partial charge is 0.509 e. The topological polar surface area (TPSA) is 33.5 Å². The molecule has 0 bridgehead atoms. The minimum atomic E-state index is -0.673. The summed E-state index contributed by atoms with van der Waals surface area (Å²) in [6.07, 6.45) is 1.86. The van der Waals surface area contributed by atoms with Crippen molar-refractivity contribution in [3.05, 3.63) is 178 Å². The van der Waals surface area contributed by atoms with Crippen LogP contribution in [0.5, 0.6) is 11.5 Å². The van der Waals surface area contributed by atoms with E-state index in [2.05, 4.69) is 235 Å². The molecule has 362 valence electrons. The Hall–Kier alpha value is -5.64. The zero-order chi connectivity index (χ0) is 49.1. The Labute approximate surface area is 431 Å². The Kier molecular flexibility index (Phi) is 10.8. The van der Waals surface area contributed by atoms with Crippen molar-refractivity contribution in [2.45, 2.75) is 136 Å². The average Bonchev–Trinajstić information content (AvgIpc) is 3.89. The molecule has 0 radical (unpaired) electrons. The third-order valence-corrected chi connectivity index (χ3v) is 15.1. The summed E-state index contributed by atoms with van der Waals surface area (Å²) in [6.45, 7) is 37.6. The van der Waals surface area contributed by atoms with E-state index < -0.39 is 5.41 Å². The number of rotatable bonds is 3. The van der Waals surface area contributed by atoms with Crippen molar-refractivity contribution in [2.75, 3.05) is 16.8 Å². The van der Waals surface area contributed by atoms with Crippen LogP contribution >= 0.6 is 0 Å². The number of hydrogen-bond donors (Lipinski definition) is 0. The molecule has 1 spiro atoms. The molecule has 11 rings (SSSR count). The Morgan fingerprint density at radius 2 is 1.14 bits per heavy atom. The van der Waals surface area contributed by atoms with Gasteiger partial charge in [-0.3, -0.25) is 0 Å². The van der Waals surface area contributed by atoms with Crippen LogP contribution in [0.3, 0.4) is 0 Å². The molecule has 0 fully saturated rings. The van der Waals surface area contributed by atoms with Crippen molar-refractivity contribution in [1.82, 2.24) is 9.55 Å². The molecule has 8 aromatic rings. The van der Waals surface area contributed by atoms with Crippen LogP contribution < -0.4 is 14.5 Å². The van der Waals surface area contributed by atoms with E-state index >= 15 is 0 Å². The predicted octanol–water partition coefficient (Wildman–Crippen LogP) is 16.4. The van der Waals surface area contributed by atoms with Crippen molar-refractivity contribution < 1.29 is 25.8 Å². The van der Waals surface area contributed by atoms with Gasteiger partial charge in [0.05, 0.1) is 0 Å². The molecule has 0 atom stereocenters. The van der Waals surface area contributed by atoms with E-state index in [9.17, 15) is 0 Å². The normalized spacial score (nSPS) is 15.0. The number of hydrogen-bond acceptors (Lipinski definition) is 4. The van der Waals surface area contributed by atoms with E-state index in [0.29, 0.717) is 11.5 Å². The van der Waals surface area contributed by atoms with Crippen molar-refractivity contribution in [3.8, 4) is 28.4 Å². The first kappa shape index (κ1) is 48.0. The van der Waals surface area contributed by atoms with Gasteiger partial charge in [0, 0.05) is 61.1 Å². The van der Waals surface area contributed by atoms with E-state index in [-0.39, 0.29) is 48.1 Å². The van der Waals surface area contributed by atoms with Gasteiger partial charge in [-0.25, -0.2) is 4.98 Å². The average molecular weight is 1100 g/mol. The maximum atomic E-state index is 7.01. The zero-order valence-electron chi connectivity index (χ0n) is 44.0. The molecule has 5 nitrogen and oxygen atoms in total. The summed E-state index contributed by atoms with van der Waals surface area (Å²) >= 11 is 0. The summed E-state index contributed by atoms with van der Waals surface area (Å²) in [5.41, 5.74) is 18.9. The molecule has 0 saturated carbocycles. The SMILES string of the molecule is CN1[CH-]N2c3[c-]c(Oc4[c-]c5c(cc4)c4cccc(C(C)(C)C)c4n5-c4ccccn4)ccc3C3(c4cccc1c42)c1c(cc(C(C)(C)C)cc1C(C)(C)C)-c1cc(C(C)(C)C)cc(C(C)(C)C)c13.[Pt]. The van der Waals surface area contributed by atoms with E-state index in [4.69, 9.17) is 9.72 Å². The van der Waals surface area contributed by atoms with Crippen LogP contribution in [0.2, 0.25) is 0 Å². The van der Waals surface area contributed by atoms with Crippen LogP contribution in [0.1, 0.15) is 154 Å². The molecule has 6 aromatic carbocycles. The van der Waals surface area contributed by atoms with Gasteiger partial charge in [-0.1, -0.05) is 176 Å². The zero-order valence-corrected chi connectivity index (χ0v) is 46.3. The van der Waals surface area contributed by atoms with Crippen LogP contribution in [-0.2, 0) is 53.6 Å². The summed E-state index contributed by atoms with van der Waals surface area (Å²) in [5.74, 6) is 2.11. The molecule has 3 aliphatic rings. The molecule has 2 aliphatic heterocycles. The van der Waals surface area contributed by atoms with E-state index in [1.807, 2.05) is 18.3 Å². The number of benzene rings is 6. The first-order valence-corrected chi connectivity index (χ1v) is 24.9. The molecule has 0 unspecified atom stereocenters. The second kappa shape index (κ2) is 15.7. The third kappa shape index (κ3) is 7.06. The van der Waals surface area contributed by atoms with Gasteiger partial charge >= 0.3 is 0 Å². The summed E-state index contributed by atoms with van der Waals surface area (Å²) in [4.78, 5) is 9.52. The smallest absolute Gasteiger partial charge is 0.135 e. The molecule has 6 heteroatoms. The number of ether oxygens (including phenoxy) is 1. The second-order valence-corrected chi connectivity index (χ2v) is 25.2. The summed E-state index contributed by atoms with van der Waals surface area (Å²) in [5, 5.41) is 2.28. The standard InChI is InChI=1S/C64H67N4O.Pt/c1-59(2,3)38-31-44-45-32-39(60(4,5)6)34-50(63(13,14)15)56(45)64(55(44)49(33-38)62(10,11)12)46-29-27-41(36-53(46)67-37-66(16)51-24-20-23-48(64)58(51)67)69-40-26-28-42-43-21-19-22-47(61(7,8)9)57(43)68(52(42)35-40)54-25-17-18-30-65-54;/h17-34,37H,1-16H3;/q-3;. The van der Waals surface area contributed by atoms with Gasteiger partial charge in [-0.15, -0.1) is 35.2 Å². The molecule has 2 aromatic heterocycles. The summed E-state index contributed by atoms with van der Waals surface area (Å²) in [7, 11) is 2.17. The van der Waals surface area contributed by atoms with E-state index in [1.54, 1.807) is 0 Å². The first-order valence-electron chi connectivity index (χ1n) is 24.9. The van der Waals surface area contributed by atoms with Crippen LogP contribution in [0.25, 0.3) is 38.8 Å². The van der Waals surface area contributed by atoms with Crippen molar-refractivity contribution >= 4 is 38.9 Å². The molecule has 0 N–H and O–H groups in total. The van der Waals surface area contributed by atoms with Gasteiger partial charge in [-0.2, -0.15) is 18.8 Å². The maximum absolute atomic E-state index is 7.01. The maximum Gasteiger partial charge on any atom is 0.135 e. The monoisotopic (exact) mass is 1100 g/mol. The van der Waals surface area contributed by atoms with Crippen LogP contribution in [-0.4, -0.2) is 16.6 Å². The van der Waals surface area contributed by atoms with Gasteiger partial charge in [0.2, 0.25) is 0 Å². The van der Waals surface area contributed by atoms with E-state index in [1.165, 1.54) is 78.0 Å². The summed E-state index contributed by atoms with van der Waals surface area (Å²) in [6, 6.07) is 46.3. The molecular formula is C64H67N4OPt-3. The molecular weight excluding hydrogens is 1040 g/mol. The Balaban J connectivity index is 0.00000567. The number of fused-ring (bicyclic) bond motifs is 12. The van der Waals surface area contributed by atoms with Crippen LogP contribution in [0.4, 0.5) is 17.1 Å². The second-order valence-electron chi connectivity index (χ2n) is 25.2. The number of anilines is 3. The predicted molar refractivity (Wildman–Crippen MR) is 288 cm³/mol. The minimum Gasteiger partial charge on any atom is -0.509 e. The number of nitrogens with zero attached hydrogens (tertiary/aromatic N) is 4. The molecule has 4 heterocycles. The molecule has 0 amide bonds. The Morgan fingerprint density at radius 3 is 1.71 bits per heavy atom. The molecule has 1 aliphatic carbocycles. The Morgan fingerprint density at radius 1 is 0.557 bits per heavy atom. The van der Waals surface area contributed by atoms with Gasteiger partial charge in [-0.05, 0) is 113 Å². The molecule has 70 heavy (non-hydrogen) atoms. The number of para-hydroxylation sites is 2. The van der Waals surface area contributed by atoms with Gasteiger partial charge in [0.1, 0.15) is 5.82 Å². The van der Waals surface area contributed by atoms with Crippen molar-refractivity contribution in [2.24, 2.45) is 0 Å². The van der Waals surface area contributed by atoms with Crippen LogP contribution in [0, 0.1) is 18.8 Å². The van der Waals surface area contributed by atoms with Crippen LogP contribution in [0.15, 0.2) is 109 Å². The fraction of sp³-hybridized carbons (Fsp3) is 0.344. The quantitative estimate of drug-likeness (QED) is 0.165. The van der Waals surface area contributed by atoms with Crippen molar-refractivity contribution in [3.63, 3.8) is 0 Å². The summed E-state index contributed by atoms with van der Waals surface area (Å²) < 4.78 is 9.28. The molecule has 0 saturated heterocycles. The fourth-order valence-corrected chi connectivity index (χ4v) is 11.7. The third-order valence-electron chi connectivity index (χ3n) is 15.1. The van der Waals surface area contributed by atoms with Crippen molar-refractivity contribution in [1.29, 1.82) is 0 Å². The minimum absolute atomic E-state index is 0. The Bertz CT molecular complexity index is 3350. The number of aromatic nitrogens is 2. The van der Waals surface area contributed by atoms with Gasteiger partial charge < -0.3 is 19.1 Å². The fourth-order valence-electron chi connectivity index (χ4n) is 11.7. The van der Waals surface area contributed by atoms with Gasteiger partial charge in [0.15, 0.2) is 0 Å². The number of pyridine rings is 1. The first-order chi connectivity index (χ1) is 32.3.